The SMILES string of the molecule is CCNC(=NCCCC1CC1)NC1CCN(S(=O)(=O)CC)CC1.I. The highest BCUT2D eigenvalue weighted by Crippen LogP contribution is 2.33. The van der Waals surface area contributed by atoms with E-state index in [-0.39, 0.29) is 29.7 Å². The van der Waals surface area contributed by atoms with E-state index in [1.54, 1.807) is 11.2 Å². The van der Waals surface area contributed by atoms with Crippen LogP contribution < -0.4 is 10.6 Å². The molecule has 6 nitrogen and oxygen atoms in total. The first-order valence-electron chi connectivity index (χ1n) is 9.07. The monoisotopic (exact) mass is 472 g/mol. The van der Waals surface area contributed by atoms with Crippen molar-refractivity contribution in [1.82, 2.24) is 14.9 Å². The van der Waals surface area contributed by atoms with Crippen LogP contribution in [-0.2, 0) is 10.0 Å². The molecule has 1 aliphatic carbocycles. The van der Waals surface area contributed by atoms with E-state index in [1.807, 2.05) is 0 Å². The number of aliphatic imine (C=N–C) groups is 1. The van der Waals surface area contributed by atoms with Crippen LogP contribution in [0.15, 0.2) is 4.99 Å². The normalized spacial score (nSPS) is 20.5. The predicted octanol–water partition coefficient (Wildman–Crippen LogP) is 2.16. The van der Waals surface area contributed by atoms with E-state index in [9.17, 15) is 8.42 Å². The van der Waals surface area contributed by atoms with Gasteiger partial charge in [-0.05, 0) is 45.4 Å². The highest BCUT2D eigenvalue weighted by atomic mass is 127. The highest BCUT2D eigenvalue weighted by Gasteiger charge is 2.27. The molecule has 2 fully saturated rings. The molecule has 0 bridgehead atoms. The van der Waals surface area contributed by atoms with Gasteiger partial charge in [0.15, 0.2) is 5.96 Å². The minimum atomic E-state index is -3.04. The number of guanidine groups is 1. The molecule has 8 heteroatoms. The lowest BCUT2D eigenvalue weighted by atomic mass is 10.1. The molecule has 1 heterocycles. The van der Waals surface area contributed by atoms with Gasteiger partial charge in [-0.1, -0.05) is 12.8 Å². The summed E-state index contributed by atoms with van der Waals surface area (Å²) in [4.78, 5) is 4.65. The van der Waals surface area contributed by atoms with Crippen molar-refractivity contribution in [1.29, 1.82) is 0 Å². The van der Waals surface area contributed by atoms with Crippen molar-refractivity contribution >= 4 is 40.0 Å². The number of rotatable bonds is 8. The lowest BCUT2D eigenvalue weighted by molar-refractivity contribution is 0.306. The van der Waals surface area contributed by atoms with Gasteiger partial charge in [-0.2, -0.15) is 0 Å². The van der Waals surface area contributed by atoms with Crippen LogP contribution >= 0.6 is 24.0 Å². The van der Waals surface area contributed by atoms with Gasteiger partial charge in [0, 0.05) is 32.2 Å². The standard InChI is InChI=1S/C16H32N4O2S.HI/c1-3-17-16(18-11-5-6-14-7-8-14)19-15-9-12-20(13-10-15)23(21,22)4-2;/h14-15H,3-13H2,1-2H3,(H2,17,18,19);1H. The Morgan fingerprint density at radius 1 is 1.17 bits per heavy atom. The molecule has 2 rings (SSSR count). The van der Waals surface area contributed by atoms with E-state index in [0.29, 0.717) is 19.1 Å². The molecule has 2 aliphatic rings. The molecule has 0 atom stereocenters. The van der Waals surface area contributed by atoms with Gasteiger partial charge in [-0.25, -0.2) is 12.7 Å². The number of nitrogens with zero attached hydrogens (tertiary/aromatic N) is 2. The van der Waals surface area contributed by atoms with Crippen LogP contribution in [0.3, 0.4) is 0 Å². The summed E-state index contributed by atoms with van der Waals surface area (Å²) in [7, 11) is -3.04. The van der Waals surface area contributed by atoms with Gasteiger partial charge in [-0.15, -0.1) is 24.0 Å². The lowest BCUT2D eigenvalue weighted by Gasteiger charge is -2.32. The summed E-state index contributed by atoms with van der Waals surface area (Å²) in [5.74, 6) is 2.03. The van der Waals surface area contributed by atoms with Crippen LogP contribution in [0.2, 0.25) is 0 Å². The highest BCUT2D eigenvalue weighted by molar-refractivity contribution is 14.0. The molecule has 0 amide bonds. The summed E-state index contributed by atoms with van der Waals surface area (Å²) < 4.78 is 25.4. The van der Waals surface area contributed by atoms with Gasteiger partial charge in [0.1, 0.15) is 0 Å². The fourth-order valence-electron chi connectivity index (χ4n) is 2.95. The predicted molar refractivity (Wildman–Crippen MR) is 111 cm³/mol. The van der Waals surface area contributed by atoms with E-state index in [1.165, 1.54) is 19.3 Å². The van der Waals surface area contributed by atoms with Crippen molar-refractivity contribution in [2.75, 3.05) is 31.9 Å². The Morgan fingerprint density at radius 2 is 1.83 bits per heavy atom. The number of piperidine rings is 1. The summed E-state index contributed by atoms with van der Waals surface area (Å²) in [6.45, 7) is 6.70. The van der Waals surface area contributed by atoms with Crippen LogP contribution in [0.1, 0.15) is 52.4 Å². The zero-order valence-corrected chi connectivity index (χ0v) is 18.1. The van der Waals surface area contributed by atoms with Gasteiger partial charge in [0.05, 0.1) is 5.75 Å². The molecule has 24 heavy (non-hydrogen) atoms. The Morgan fingerprint density at radius 3 is 2.38 bits per heavy atom. The second kappa shape index (κ2) is 10.8. The fourth-order valence-corrected chi connectivity index (χ4v) is 4.08. The summed E-state index contributed by atoms with van der Waals surface area (Å²) in [6.07, 6.45) is 6.95. The second-order valence-corrected chi connectivity index (χ2v) is 8.82. The van der Waals surface area contributed by atoms with Crippen LogP contribution in [-0.4, -0.2) is 56.7 Å². The molecule has 0 radical (unpaired) electrons. The van der Waals surface area contributed by atoms with Crippen LogP contribution in [0.25, 0.3) is 0 Å². The first kappa shape index (κ1) is 22.0. The van der Waals surface area contributed by atoms with Crippen LogP contribution in [0.4, 0.5) is 0 Å². The second-order valence-electron chi connectivity index (χ2n) is 6.56. The van der Waals surface area contributed by atoms with Crippen molar-refractivity contribution < 1.29 is 8.42 Å². The third kappa shape index (κ3) is 7.43. The molecule has 0 spiro atoms. The zero-order valence-electron chi connectivity index (χ0n) is 15.0. The number of halogens is 1. The third-order valence-corrected chi connectivity index (χ3v) is 6.52. The topological polar surface area (TPSA) is 73.8 Å². The first-order valence-corrected chi connectivity index (χ1v) is 10.7. The summed E-state index contributed by atoms with van der Waals surface area (Å²) in [5.41, 5.74) is 0. The molecule has 142 valence electrons. The molecule has 1 saturated heterocycles. The third-order valence-electron chi connectivity index (χ3n) is 4.63. The van der Waals surface area contributed by atoms with Crippen molar-refractivity contribution in [2.45, 2.75) is 58.4 Å². The van der Waals surface area contributed by atoms with Crippen molar-refractivity contribution in [3.05, 3.63) is 0 Å². The van der Waals surface area contributed by atoms with Crippen molar-refractivity contribution in [3.8, 4) is 0 Å². The van der Waals surface area contributed by atoms with Gasteiger partial charge in [0.25, 0.3) is 0 Å². The van der Waals surface area contributed by atoms with E-state index >= 15 is 0 Å². The number of sulfonamides is 1. The van der Waals surface area contributed by atoms with Gasteiger partial charge in [-0.3, -0.25) is 4.99 Å². The summed E-state index contributed by atoms with van der Waals surface area (Å²) >= 11 is 0. The molecular weight excluding hydrogens is 439 g/mol. The molecule has 0 aromatic heterocycles. The Kier molecular flexibility index (Phi) is 9.88. The quantitative estimate of drug-likeness (QED) is 0.246. The Bertz CT molecular complexity index is 486. The minimum Gasteiger partial charge on any atom is -0.357 e. The molecular formula is C16H33IN4O2S. The smallest absolute Gasteiger partial charge is 0.213 e. The maximum Gasteiger partial charge on any atom is 0.213 e. The van der Waals surface area contributed by atoms with E-state index in [4.69, 9.17) is 0 Å². The summed E-state index contributed by atoms with van der Waals surface area (Å²) in [5, 5.41) is 6.76. The summed E-state index contributed by atoms with van der Waals surface area (Å²) in [6, 6.07) is 0.305. The van der Waals surface area contributed by atoms with Crippen LogP contribution in [0.5, 0.6) is 0 Å². The maximum atomic E-state index is 11.9. The van der Waals surface area contributed by atoms with Gasteiger partial charge < -0.3 is 10.6 Å². The average molecular weight is 472 g/mol. The minimum absolute atomic E-state index is 0. The van der Waals surface area contributed by atoms with E-state index in [0.717, 1.165) is 44.2 Å². The Labute approximate surface area is 164 Å². The van der Waals surface area contributed by atoms with Crippen molar-refractivity contribution in [2.24, 2.45) is 10.9 Å². The van der Waals surface area contributed by atoms with E-state index < -0.39 is 10.0 Å². The first-order chi connectivity index (χ1) is 11.0. The fraction of sp³-hybridized carbons (Fsp3) is 0.938. The molecule has 0 aromatic rings. The van der Waals surface area contributed by atoms with E-state index in [2.05, 4.69) is 22.5 Å². The lowest BCUT2D eigenvalue weighted by Crippen LogP contribution is -2.50. The number of hydrogen-bond donors (Lipinski definition) is 2. The molecule has 1 aliphatic heterocycles. The van der Waals surface area contributed by atoms with Crippen LogP contribution in [0, 0.1) is 5.92 Å². The van der Waals surface area contributed by atoms with Crippen molar-refractivity contribution in [3.63, 3.8) is 0 Å². The Hall–Kier alpha value is -0.0900. The zero-order chi connectivity index (χ0) is 16.7. The largest absolute Gasteiger partial charge is 0.357 e. The molecule has 2 N–H and O–H groups in total. The molecule has 1 saturated carbocycles. The van der Waals surface area contributed by atoms with Gasteiger partial charge in [0.2, 0.25) is 10.0 Å². The molecule has 0 unspecified atom stereocenters. The average Bonchev–Trinajstić information content (AvgIpc) is 3.36. The molecule has 0 aromatic carbocycles. The number of hydrogen-bond acceptors (Lipinski definition) is 3. The maximum absolute atomic E-state index is 11.9. The van der Waals surface area contributed by atoms with Gasteiger partial charge >= 0.3 is 0 Å². The Balaban J connectivity index is 0.00000288. The number of nitrogens with one attached hydrogen (secondary N) is 2.